The highest BCUT2D eigenvalue weighted by atomic mass is 16.2. The fourth-order valence-corrected chi connectivity index (χ4v) is 2.61. The molecule has 0 aliphatic carbocycles. The van der Waals surface area contributed by atoms with Crippen molar-refractivity contribution in [2.24, 2.45) is 5.92 Å². The first-order chi connectivity index (χ1) is 10.5. The van der Waals surface area contributed by atoms with E-state index in [-0.39, 0.29) is 11.8 Å². The van der Waals surface area contributed by atoms with Crippen molar-refractivity contribution in [3.8, 4) is 0 Å². The highest BCUT2D eigenvalue weighted by Crippen LogP contribution is 2.19. The number of carbonyl (C=O) groups is 2. The second kappa shape index (κ2) is 7.40. The Labute approximate surface area is 132 Å². The fraction of sp³-hybridized carbons (Fsp3) is 0.529. The minimum absolute atomic E-state index is 0.0515. The number of nitrogens with zero attached hydrogens (tertiary/aromatic N) is 2. The van der Waals surface area contributed by atoms with Gasteiger partial charge in [-0.05, 0) is 51.1 Å². The molecule has 1 aliphatic heterocycles. The lowest BCUT2D eigenvalue weighted by Gasteiger charge is -2.30. The Balaban J connectivity index is 2.01. The number of hydrogen-bond acceptors (Lipinski definition) is 3. The normalized spacial score (nSPS) is 15.9. The summed E-state index contributed by atoms with van der Waals surface area (Å²) in [6.45, 7) is 4.18. The number of likely N-dealkylation sites (N-methyl/N-ethyl adjacent to an activating group) is 1. The molecule has 1 aromatic carbocycles. The lowest BCUT2D eigenvalue weighted by atomic mass is 9.98. The summed E-state index contributed by atoms with van der Waals surface area (Å²) in [5.74, 6) is 0.665. The molecule has 0 bridgehead atoms. The van der Waals surface area contributed by atoms with Gasteiger partial charge in [-0.15, -0.1) is 0 Å². The highest BCUT2D eigenvalue weighted by Gasteiger charge is 2.21. The number of hydrogen-bond donors (Lipinski definition) is 1. The van der Waals surface area contributed by atoms with Gasteiger partial charge in [0.1, 0.15) is 0 Å². The van der Waals surface area contributed by atoms with E-state index in [4.69, 9.17) is 0 Å². The Hall–Kier alpha value is -1.88. The summed E-state index contributed by atoms with van der Waals surface area (Å²) < 4.78 is 0. The van der Waals surface area contributed by atoms with Gasteiger partial charge in [0.2, 0.25) is 5.91 Å². The van der Waals surface area contributed by atoms with Crippen LogP contribution in [0.2, 0.25) is 0 Å². The van der Waals surface area contributed by atoms with Crippen LogP contribution in [0.1, 0.15) is 30.1 Å². The van der Waals surface area contributed by atoms with Gasteiger partial charge in [0, 0.05) is 24.3 Å². The second-order valence-electron chi connectivity index (χ2n) is 6.34. The third-order valence-corrected chi connectivity index (χ3v) is 3.92. The summed E-state index contributed by atoms with van der Waals surface area (Å²) in [5, 5.41) is 2.83. The second-order valence-corrected chi connectivity index (χ2v) is 6.34. The van der Waals surface area contributed by atoms with Crippen LogP contribution in [-0.2, 0) is 4.79 Å². The van der Waals surface area contributed by atoms with Gasteiger partial charge in [0.05, 0.1) is 6.54 Å². The van der Waals surface area contributed by atoms with Crippen LogP contribution in [0.5, 0.6) is 0 Å². The van der Waals surface area contributed by atoms with Crippen molar-refractivity contribution in [3.05, 3.63) is 29.8 Å². The van der Waals surface area contributed by atoms with Crippen molar-refractivity contribution >= 4 is 17.5 Å². The van der Waals surface area contributed by atoms with Crippen LogP contribution in [0.3, 0.4) is 0 Å². The molecular formula is C17H25N3O2. The van der Waals surface area contributed by atoms with Gasteiger partial charge in [-0.2, -0.15) is 0 Å². The van der Waals surface area contributed by atoms with Crippen LogP contribution >= 0.6 is 0 Å². The molecule has 1 fully saturated rings. The minimum Gasteiger partial charge on any atom is -0.339 e. The summed E-state index contributed by atoms with van der Waals surface area (Å²) >= 11 is 0. The average Bonchev–Trinajstić information content (AvgIpc) is 2.46. The molecule has 1 saturated heterocycles. The van der Waals surface area contributed by atoms with Gasteiger partial charge in [-0.3, -0.25) is 9.59 Å². The largest absolute Gasteiger partial charge is 0.339 e. The molecule has 5 nitrogen and oxygen atoms in total. The molecule has 22 heavy (non-hydrogen) atoms. The van der Waals surface area contributed by atoms with Crippen LogP contribution in [-0.4, -0.2) is 55.3 Å². The zero-order valence-corrected chi connectivity index (χ0v) is 13.6. The van der Waals surface area contributed by atoms with Gasteiger partial charge < -0.3 is 15.1 Å². The van der Waals surface area contributed by atoms with E-state index in [2.05, 4.69) is 12.2 Å². The van der Waals surface area contributed by atoms with E-state index in [0.717, 1.165) is 25.9 Å². The molecule has 2 rings (SSSR count). The van der Waals surface area contributed by atoms with Gasteiger partial charge >= 0.3 is 0 Å². The van der Waals surface area contributed by atoms with Crippen LogP contribution in [0.4, 0.5) is 5.69 Å². The van der Waals surface area contributed by atoms with Crippen molar-refractivity contribution in [3.63, 3.8) is 0 Å². The van der Waals surface area contributed by atoms with E-state index in [0.29, 0.717) is 23.7 Å². The lowest BCUT2D eigenvalue weighted by molar-refractivity contribution is -0.116. The molecule has 0 atom stereocenters. The van der Waals surface area contributed by atoms with Crippen molar-refractivity contribution in [2.75, 3.05) is 39.0 Å². The number of rotatable bonds is 4. The number of likely N-dealkylation sites (tertiary alicyclic amines) is 1. The topological polar surface area (TPSA) is 52.7 Å². The SMILES string of the molecule is CC1CCN(C(=O)c2cccc(NC(=O)CN(C)C)c2)CC1. The fourth-order valence-electron chi connectivity index (χ4n) is 2.61. The molecule has 0 saturated carbocycles. The molecule has 0 aromatic heterocycles. The number of carbonyl (C=O) groups excluding carboxylic acids is 2. The maximum absolute atomic E-state index is 12.5. The number of nitrogens with one attached hydrogen (secondary N) is 1. The van der Waals surface area contributed by atoms with Crippen molar-refractivity contribution in [1.82, 2.24) is 9.80 Å². The molecule has 1 aliphatic rings. The summed E-state index contributed by atoms with van der Waals surface area (Å²) in [4.78, 5) is 28.0. The molecule has 2 amide bonds. The summed E-state index contributed by atoms with van der Waals surface area (Å²) in [6.07, 6.45) is 2.12. The first-order valence-corrected chi connectivity index (χ1v) is 7.79. The molecule has 5 heteroatoms. The van der Waals surface area contributed by atoms with Crippen molar-refractivity contribution in [2.45, 2.75) is 19.8 Å². The van der Waals surface area contributed by atoms with Crippen LogP contribution < -0.4 is 5.32 Å². The Morgan fingerprint density at radius 3 is 2.59 bits per heavy atom. The van der Waals surface area contributed by atoms with Gasteiger partial charge in [0.25, 0.3) is 5.91 Å². The van der Waals surface area contributed by atoms with E-state index in [1.807, 2.05) is 37.2 Å². The van der Waals surface area contributed by atoms with Crippen LogP contribution in [0, 0.1) is 5.92 Å². The Morgan fingerprint density at radius 2 is 1.95 bits per heavy atom. The first kappa shape index (κ1) is 16.5. The van der Waals surface area contributed by atoms with E-state index in [9.17, 15) is 9.59 Å². The number of anilines is 1. The maximum atomic E-state index is 12.5. The zero-order chi connectivity index (χ0) is 16.1. The predicted molar refractivity (Wildman–Crippen MR) is 87.9 cm³/mol. The van der Waals surface area contributed by atoms with Crippen LogP contribution in [0.15, 0.2) is 24.3 Å². The number of amides is 2. The number of piperidine rings is 1. The molecule has 0 unspecified atom stereocenters. The third kappa shape index (κ3) is 4.56. The lowest BCUT2D eigenvalue weighted by Crippen LogP contribution is -2.37. The predicted octanol–water partition coefficient (Wildman–Crippen LogP) is 2.06. The van der Waals surface area contributed by atoms with E-state index < -0.39 is 0 Å². The van der Waals surface area contributed by atoms with Crippen LogP contribution in [0.25, 0.3) is 0 Å². The molecular weight excluding hydrogens is 278 g/mol. The molecule has 120 valence electrons. The van der Waals surface area contributed by atoms with Crippen molar-refractivity contribution in [1.29, 1.82) is 0 Å². The highest BCUT2D eigenvalue weighted by molar-refractivity contribution is 5.97. The summed E-state index contributed by atoms with van der Waals surface area (Å²) in [7, 11) is 3.69. The minimum atomic E-state index is -0.0820. The van der Waals surface area contributed by atoms with E-state index >= 15 is 0 Å². The smallest absolute Gasteiger partial charge is 0.253 e. The Morgan fingerprint density at radius 1 is 1.27 bits per heavy atom. The van der Waals surface area contributed by atoms with Gasteiger partial charge in [0.15, 0.2) is 0 Å². The van der Waals surface area contributed by atoms with Gasteiger partial charge in [-0.1, -0.05) is 13.0 Å². The van der Waals surface area contributed by atoms with Gasteiger partial charge in [-0.25, -0.2) is 0 Å². The Bertz CT molecular complexity index is 534. The molecule has 1 aromatic rings. The average molecular weight is 303 g/mol. The van der Waals surface area contributed by atoms with E-state index in [1.165, 1.54) is 0 Å². The Kier molecular flexibility index (Phi) is 5.55. The maximum Gasteiger partial charge on any atom is 0.253 e. The number of benzene rings is 1. The monoisotopic (exact) mass is 303 g/mol. The molecule has 1 heterocycles. The van der Waals surface area contributed by atoms with E-state index in [1.54, 1.807) is 11.0 Å². The molecule has 1 N–H and O–H groups in total. The standard InChI is InChI=1S/C17H25N3O2/c1-13-7-9-20(10-8-13)17(22)14-5-4-6-15(11-14)18-16(21)12-19(2)3/h4-6,11,13H,7-10,12H2,1-3H3,(H,18,21). The summed E-state index contributed by atoms with van der Waals surface area (Å²) in [5.41, 5.74) is 1.31. The molecule has 0 spiro atoms. The first-order valence-electron chi connectivity index (χ1n) is 7.79. The van der Waals surface area contributed by atoms with Crippen molar-refractivity contribution < 1.29 is 9.59 Å². The molecule has 0 radical (unpaired) electrons. The third-order valence-electron chi connectivity index (χ3n) is 3.92. The quantitative estimate of drug-likeness (QED) is 0.926. The summed E-state index contributed by atoms with van der Waals surface area (Å²) in [6, 6.07) is 7.18. The zero-order valence-electron chi connectivity index (χ0n) is 13.6.